The van der Waals surface area contributed by atoms with E-state index in [4.69, 9.17) is 11.5 Å². The molecule has 0 fully saturated rings. The number of rotatable bonds is 4. The standard InChI is InChI=1S/C21H24N2O2.2ClH/c1-20(2,22)18(24)12-5-7-16-14(9-12)11-15-10-13(6-8-17(15)16)19(25)21(3,4)23;;/h5-10H,11,22-23H2,1-4H3;2*1H. The SMILES string of the molecule is CC(C)(N)C(=O)c1ccc2c(c1)Cc1cc(C(=O)C(C)(C)N)ccc1-2.Cl.Cl. The number of carbonyl (C=O) groups is 2. The summed E-state index contributed by atoms with van der Waals surface area (Å²) in [5.74, 6) is -0.154. The number of nitrogens with two attached hydrogens (primary N) is 2. The number of Topliss-reactive ketones (excluding diaryl/α,β-unsaturated/α-hetero) is 2. The first-order valence-corrected chi connectivity index (χ1v) is 8.42. The average molecular weight is 409 g/mol. The summed E-state index contributed by atoms with van der Waals surface area (Å²) in [4.78, 5) is 24.8. The van der Waals surface area contributed by atoms with Crippen LogP contribution in [0.3, 0.4) is 0 Å². The van der Waals surface area contributed by atoms with Crippen LogP contribution in [-0.2, 0) is 6.42 Å². The lowest BCUT2D eigenvalue weighted by atomic mass is 9.91. The minimum Gasteiger partial charge on any atom is -0.319 e. The minimum absolute atomic E-state index is 0. The molecule has 4 nitrogen and oxygen atoms in total. The normalized spacial score (nSPS) is 12.4. The Hall–Kier alpha value is -1.72. The second-order valence-electron chi connectivity index (χ2n) is 8.02. The number of ketones is 2. The van der Waals surface area contributed by atoms with Gasteiger partial charge in [0, 0.05) is 11.1 Å². The van der Waals surface area contributed by atoms with E-state index in [1.807, 2.05) is 36.4 Å². The highest BCUT2D eigenvalue weighted by Crippen LogP contribution is 2.38. The monoisotopic (exact) mass is 408 g/mol. The van der Waals surface area contributed by atoms with Crippen LogP contribution in [0.15, 0.2) is 36.4 Å². The van der Waals surface area contributed by atoms with Crippen molar-refractivity contribution in [2.45, 2.75) is 45.2 Å². The lowest BCUT2D eigenvalue weighted by Crippen LogP contribution is -2.41. The van der Waals surface area contributed by atoms with Crippen LogP contribution in [0.25, 0.3) is 11.1 Å². The third kappa shape index (κ3) is 4.41. The number of hydrogen-bond acceptors (Lipinski definition) is 4. The fourth-order valence-corrected chi connectivity index (χ4v) is 3.24. The van der Waals surface area contributed by atoms with Crippen molar-refractivity contribution in [2.24, 2.45) is 11.5 Å². The molecular weight excluding hydrogens is 383 g/mol. The number of fused-ring (bicyclic) bond motifs is 3. The summed E-state index contributed by atoms with van der Waals surface area (Å²) in [6, 6.07) is 11.4. The van der Waals surface area contributed by atoms with E-state index in [0.717, 1.165) is 22.3 Å². The Balaban J connectivity index is 0.00000182. The highest BCUT2D eigenvalue weighted by atomic mass is 35.5. The van der Waals surface area contributed by atoms with Gasteiger partial charge in [-0.25, -0.2) is 0 Å². The molecule has 1 aliphatic carbocycles. The smallest absolute Gasteiger partial charge is 0.182 e. The molecule has 146 valence electrons. The lowest BCUT2D eigenvalue weighted by molar-refractivity contribution is 0.0907. The Morgan fingerprint density at radius 1 is 0.741 bits per heavy atom. The fraction of sp³-hybridized carbons (Fsp3) is 0.333. The van der Waals surface area contributed by atoms with Crippen LogP contribution in [0.2, 0.25) is 0 Å². The molecule has 0 unspecified atom stereocenters. The first-order chi connectivity index (χ1) is 11.5. The predicted octanol–water partition coefficient (Wildman–Crippen LogP) is 3.94. The topological polar surface area (TPSA) is 86.2 Å². The summed E-state index contributed by atoms with van der Waals surface area (Å²) in [6.07, 6.45) is 0.697. The van der Waals surface area contributed by atoms with Crippen molar-refractivity contribution < 1.29 is 9.59 Å². The molecule has 1 aliphatic rings. The van der Waals surface area contributed by atoms with Gasteiger partial charge in [-0.2, -0.15) is 0 Å². The van der Waals surface area contributed by atoms with Gasteiger partial charge in [0.2, 0.25) is 0 Å². The summed E-state index contributed by atoms with van der Waals surface area (Å²) < 4.78 is 0. The van der Waals surface area contributed by atoms with E-state index in [9.17, 15) is 9.59 Å². The van der Waals surface area contributed by atoms with Crippen molar-refractivity contribution in [1.29, 1.82) is 0 Å². The summed E-state index contributed by atoms with van der Waals surface area (Å²) in [5.41, 5.74) is 15.7. The van der Waals surface area contributed by atoms with Gasteiger partial charge in [0.25, 0.3) is 0 Å². The van der Waals surface area contributed by atoms with Crippen LogP contribution in [0.4, 0.5) is 0 Å². The van der Waals surface area contributed by atoms with E-state index >= 15 is 0 Å². The van der Waals surface area contributed by atoms with Crippen LogP contribution in [0, 0.1) is 0 Å². The lowest BCUT2D eigenvalue weighted by Gasteiger charge is -2.17. The highest BCUT2D eigenvalue weighted by molar-refractivity contribution is 6.04. The van der Waals surface area contributed by atoms with Crippen molar-refractivity contribution in [2.75, 3.05) is 0 Å². The van der Waals surface area contributed by atoms with E-state index in [0.29, 0.717) is 17.5 Å². The maximum atomic E-state index is 12.4. The van der Waals surface area contributed by atoms with Crippen LogP contribution in [0.1, 0.15) is 59.5 Å². The maximum absolute atomic E-state index is 12.4. The van der Waals surface area contributed by atoms with Crippen molar-refractivity contribution >= 4 is 36.4 Å². The predicted molar refractivity (Wildman–Crippen MR) is 114 cm³/mol. The molecule has 3 rings (SSSR count). The molecule has 4 N–H and O–H groups in total. The number of halogens is 2. The van der Waals surface area contributed by atoms with Gasteiger partial charge in [-0.05, 0) is 68.5 Å². The Morgan fingerprint density at radius 3 is 1.37 bits per heavy atom. The van der Waals surface area contributed by atoms with Crippen LogP contribution >= 0.6 is 24.8 Å². The fourth-order valence-electron chi connectivity index (χ4n) is 3.24. The molecule has 0 bridgehead atoms. The van der Waals surface area contributed by atoms with Crippen molar-refractivity contribution in [3.63, 3.8) is 0 Å². The molecule has 0 radical (unpaired) electrons. The van der Waals surface area contributed by atoms with Gasteiger partial charge in [0.15, 0.2) is 11.6 Å². The third-order valence-corrected chi connectivity index (χ3v) is 4.58. The number of carbonyl (C=O) groups excluding carboxylic acids is 2. The van der Waals surface area contributed by atoms with E-state index in [1.54, 1.807) is 27.7 Å². The van der Waals surface area contributed by atoms with Gasteiger partial charge in [0.05, 0.1) is 11.1 Å². The molecule has 0 saturated carbocycles. The Morgan fingerprint density at radius 2 is 1.07 bits per heavy atom. The van der Waals surface area contributed by atoms with Crippen molar-refractivity contribution in [3.8, 4) is 11.1 Å². The van der Waals surface area contributed by atoms with E-state index in [1.165, 1.54) is 0 Å². The zero-order chi connectivity index (χ0) is 18.6. The molecule has 27 heavy (non-hydrogen) atoms. The summed E-state index contributed by atoms with van der Waals surface area (Å²) >= 11 is 0. The highest BCUT2D eigenvalue weighted by Gasteiger charge is 2.28. The molecule has 0 saturated heterocycles. The van der Waals surface area contributed by atoms with Gasteiger partial charge in [-0.1, -0.05) is 24.3 Å². The average Bonchev–Trinajstić information content (AvgIpc) is 2.88. The molecule has 0 spiro atoms. The second kappa shape index (κ2) is 7.72. The number of hydrogen-bond donors (Lipinski definition) is 2. The summed E-state index contributed by atoms with van der Waals surface area (Å²) in [5, 5.41) is 0. The molecule has 2 aromatic rings. The quantitative estimate of drug-likeness (QED) is 0.639. The van der Waals surface area contributed by atoms with Gasteiger partial charge >= 0.3 is 0 Å². The molecule has 0 atom stereocenters. The van der Waals surface area contributed by atoms with Crippen molar-refractivity contribution in [1.82, 2.24) is 0 Å². The van der Waals surface area contributed by atoms with E-state index < -0.39 is 11.1 Å². The third-order valence-electron chi connectivity index (χ3n) is 4.58. The molecule has 2 aromatic carbocycles. The van der Waals surface area contributed by atoms with Gasteiger partial charge in [-0.15, -0.1) is 24.8 Å². The maximum Gasteiger partial charge on any atom is 0.182 e. The van der Waals surface area contributed by atoms with Crippen LogP contribution in [0.5, 0.6) is 0 Å². The molecule has 0 heterocycles. The molecule has 0 aliphatic heterocycles. The van der Waals surface area contributed by atoms with Gasteiger partial charge < -0.3 is 11.5 Å². The zero-order valence-electron chi connectivity index (χ0n) is 16.0. The molecule has 0 aromatic heterocycles. The molecular formula is C21H26Cl2N2O2. The van der Waals surface area contributed by atoms with Gasteiger partial charge in [0.1, 0.15) is 0 Å². The Labute approximate surface area is 172 Å². The number of benzene rings is 2. The zero-order valence-corrected chi connectivity index (χ0v) is 17.6. The van der Waals surface area contributed by atoms with Crippen molar-refractivity contribution in [3.05, 3.63) is 58.7 Å². The molecule has 0 amide bonds. The second-order valence-corrected chi connectivity index (χ2v) is 8.02. The summed E-state index contributed by atoms with van der Waals surface area (Å²) in [7, 11) is 0. The van der Waals surface area contributed by atoms with E-state index in [2.05, 4.69) is 0 Å². The Bertz CT molecular complexity index is 821. The van der Waals surface area contributed by atoms with Crippen LogP contribution < -0.4 is 11.5 Å². The van der Waals surface area contributed by atoms with Gasteiger partial charge in [-0.3, -0.25) is 9.59 Å². The Kier molecular flexibility index (Phi) is 6.67. The molecule has 6 heteroatoms. The minimum atomic E-state index is -0.897. The summed E-state index contributed by atoms with van der Waals surface area (Å²) in [6.45, 7) is 6.85. The van der Waals surface area contributed by atoms with E-state index in [-0.39, 0.29) is 36.4 Å². The first-order valence-electron chi connectivity index (χ1n) is 8.42. The first kappa shape index (κ1) is 23.3. The van der Waals surface area contributed by atoms with Crippen LogP contribution in [-0.4, -0.2) is 22.6 Å². The largest absolute Gasteiger partial charge is 0.319 e.